The van der Waals surface area contributed by atoms with E-state index in [9.17, 15) is 14.4 Å². The summed E-state index contributed by atoms with van der Waals surface area (Å²) in [6, 6.07) is 0. The first-order chi connectivity index (χ1) is 34.0. The number of carbonyl (C=O) groups is 3. The maximum Gasteiger partial charge on any atom is 0.306 e. The molecule has 0 amide bonds. The number of hydrogen-bond donors (Lipinski definition) is 0. The Morgan fingerprint density at radius 3 is 1.00 bits per heavy atom. The molecule has 6 nitrogen and oxygen atoms in total. The van der Waals surface area contributed by atoms with E-state index in [4.69, 9.17) is 14.2 Å². The molecule has 0 aliphatic carbocycles. The van der Waals surface area contributed by atoms with Crippen molar-refractivity contribution in [2.24, 2.45) is 0 Å². The van der Waals surface area contributed by atoms with E-state index in [1.54, 1.807) is 0 Å². The Labute approximate surface area is 422 Å². The van der Waals surface area contributed by atoms with Gasteiger partial charge in [-0.15, -0.1) is 0 Å². The molecule has 0 rings (SSSR count). The van der Waals surface area contributed by atoms with Crippen LogP contribution < -0.4 is 0 Å². The van der Waals surface area contributed by atoms with E-state index in [2.05, 4.69) is 118 Å². The fraction of sp³-hybridized carbons (Fsp3) is 0.540. The van der Waals surface area contributed by atoms with E-state index in [0.717, 1.165) is 122 Å². The number of carbonyl (C=O) groups excluding carboxylic acids is 3. The summed E-state index contributed by atoms with van der Waals surface area (Å²) in [5.41, 5.74) is 0. The van der Waals surface area contributed by atoms with Crippen LogP contribution in [0.3, 0.4) is 0 Å². The quantitative estimate of drug-likeness (QED) is 0.0199. The predicted molar refractivity (Wildman–Crippen MR) is 297 cm³/mol. The number of esters is 3. The molecule has 0 N–H and O–H groups in total. The predicted octanol–water partition coefficient (Wildman–Crippen LogP) is 18.2. The Bertz CT molecular complexity index is 1610. The fourth-order valence-corrected chi connectivity index (χ4v) is 6.76. The van der Waals surface area contributed by atoms with Crippen LogP contribution >= 0.6 is 0 Å². The van der Waals surface area contributed by atoms with E-state index >= 15 is 0 Å². The van der Waals surface area contributed by atoms with Crippen molar-refractivity contribution in [3.05, 3.63) is 158 Å². The van der Waals surface area contributed by atoms with Crippen molar-refractivity contribution in [1.82, 2.24) is 0 Å². The lowest BCUT2D eigenvalue weighted by atomic mass is 10.1. The maximum atomic E-state index is 12.8. The average molecular weight is 949 g/mol. The van der Waals surface area contributed by atoms with Crippen molar-refractivity contribution in [2.45, 2.75) is 207 Å². The Morgan fingerprint density at radius 2 is 0.594 bits per heavy atom. The van der Waals surface area contributed by atoms with Gasteiger partial charge in [-0.2, -0.15) is 0 Å². The lowest BCUT2D eigenvalue weighted by Gasteiger charge is -2.18. The van der Waals surface area contributed by atoms with Gasteiger partial charge >= 0.3 is 17.9 Å². The van der Waals surface area contributed by atoms with Gasteiger partial charge in [0.25, 0.3) is 0 Å². The lowest BCUT2D eigenvalue weighted by molar-refractivity contribution is -0.167. The number of unbranched alkanes of at least 4 members (excludes halogenated alkanes) is 16. The standard InChI is InChI=1S/C63H96O6/c1-4-7-10-13-16-19-22-25-28-30-31-33-35-38-41-44-47-50-53-56-62(65)68-59-60(58-67-61(64)55-52-49-46-43-40-37-34-27-24-21-18-15-12-9-6-3)69-63(66)57-54-51-48-45-42-39-36-32-29-26-23-20-17-14-11-8-5-2/h7-12,14-21,23-26,28-29,31-33,36,39,42,60H,4-6,13,22,27,30,34-35,37-38,40-41,43-59H2,1-3H3/b10-7-,11-8-,12-9-,17-14-,18-15-,19-16-,23-20-,24-21-,28-25-,29-26-,33-31-,36-32+,42-39-. The van der Waals surface area contributed by atoms with Crippen LogP contribution in [0.2, 0.25) is 0 Å². The van der Waals surface area contributed by atoms with Crippen LogP contribution in [0.5, 0.6) is 0 Å². The SMILES string of the molecule is CC\C=C/C=C\C=C/C=C\C=C\C=C/CCCCCC(=O)OC(COC(=O)CCCCCCCC/C=C\C/C=C\C/C=C\C/C=C\CC)COC(=O)CCCCCCCCC\C=C/C=C\C=C/CC. The van der Waals surface area contributed by atoms with Crippen LogP contribution in [-0.4, -0.2) is 37.2 Å². The zero-order chi connectivity index (χ0) is 50.0. The normalized spacial score (nSPS) is 13.4. The van der Waals surface area contributed by atoms with E-state index in [1.165, 1.54) is 32.1 Å². The number of ether oxygens (including phenoxy) is 3. The molecule has 0 spiro atoms. The molecule has 384 valence electrons. The Kier molecular flexibility index (Phi) is 51.6. The maximum absolute atomic E-state index is 12.8. The van der Waals surface area contributed by atoms with Crippen LogP contribution in [0.4, 0.5) is 0 Å². The summed E-state index contributed by atoms with van der Waals surface area (Å²) in [7, 11) is 0. The minimum atomic E-state index is -0.821. The van der Waals surface area contributed by atoms with E-state index in [-0.39, 0.29) is 37.5 Å². The van der Waals surface area contributed by atoms with Crippen molar-refractivity contribution in [1.29, 1.82) is 0 Å². The van der Waals surface area contributed by atoms with Gasteiger partial charge in [-0.25, -0.2) is 0 Å². The minimum absolute atomic E-state index is 0.115. The summed E-state index contributed by atoms with van der Waals surface area (Å²) in [6.45, 7) is 6.17. The van der Waals surface area contributed by atoms with Crippen molar-refractivity contribution < 1.29 is 28.6 Å². The van der Waals surface area contributed by atoms with Crippen molar-refractivity contribution in [3.63, 3.8) is 0 Å². The van der Waals surface area contributed by atoms with Crippen molar-refractivity contribution in [2.75, 3.05) is 13.2 Å². The molecule has 1 atom stereocenters. The van der Waals surface area contributed by atoms with Gasteiger partial charge in [0.15, 0.2) is 6.10 Å². The summed E-state index contributed by atoms with van der Waals surface area (Å²) < 4.78 is 16.8. The highest BCUT2D eigenvalue weighted by Gasteiger charge is 2.19. The van der Waals surface area contributed by atoms with E-state index < -0.39 is 6.10 Å². The molecule has 0 aliphatic heterocycles. The fourth-order valence-electron chi connectivity index (χ4n) is 6.76. The Morgan fingerprint density at radius 1 is 0.304 bits per heavy atom. The Balaban J connectivity index is 4.56. The van der Waals surface area contributed by atoms with Gasteiger partial charge in [-0.05, 0) is 96.3 Å². The third-order valence-electron chi connectivity index (χ3n) is 10.7. The molecular weight excluding hydrogens is 853 g/mol. The molecule has 1 unspecified atom stereocenters. The first-order valence-corrected chi connectivity index (χ1v) is 27.1. The largest absolute Gasteiger partial charge is 0.462 e. The molecule has 0 heterocycles. The van der Waals surface area contributed by atoms with Gasteiger partial charge in [0.05, 0.1) is 0 Å². The molecule has 0 radical (unpaired) electrons. The Hall–Kier alpha value is -4.97. The molecule has 0 aromatic rings. The number of hydrogen-bond acceptors (Lipinski definition) is 6. The minimum Gasteiger partial charge on any atom is -0.462 e. The van der Waals surface area contributed by atoms with Crippen LogP contribution in [0, 0.1) is 0 Å². The lowest BCUT2D eigenvalue weighted by Crippen LogP contribution is -2.30. The molecule has 0 aromatic carbocycles. The second-order valence-corrected chi connectivity index (χ2v) is 17.2. The van der Waals surface area contributed by atoms with Crippen molar-refractivity contribution >= 4 is 17.9 Å². The molecule has 0 fully saturated rings. The monoisotopic (exact) mass is 949 g/mol. The molecule has 0 aromatic heterocycles. The number of allylic oxidation sites excluding steroid dienone is 26. The summed E-state index contributed by atoms with van der Waals surface area (Å²) in [6.07, 6.45) is 80.8. The highest BCUT2D eigenvalue weighted by atomic mass is 16.6. The zero-order valence-corrected chi connectivity index (χ0v) is 43.8. The first-order valence-electron chi connectivity index (χ1n) is 27.1. The second-order valence-electron chi connectivity index (χ2n) is 17.2. The smallest absolute Gasteiger partial charge is 0.306 e. The van der Waals surface area contributed by atoms with Crippen LogP contribution in [0.25, 0.3) is 0 Å². The summed E-state index contributed by atoms with van der Waals surface area (Å²) in [4.78, 5) is 38.1. The van der Waals surface area contributed by atoms with Crippen LogP contribution in [0.15, 0.2) is 158 Å². The summed E-state index contributed by atoms with van der Waals surface area (Å²) in [5.74, 6) is -0.995. The van der Waals surface area contributed by atoms with Gasteiger partial charge < -0.3 is 14.2 Å². The van der Waals surface area contributed by atoms with Gasteiger partial charge in [0.1, 0.15) is 13.2 Å². The van der Waals surface area contributed by atoms with Gasteiger partial charge in [0.2, 0.25) is 0 Å². The van der Waals surface area contributed by atoms with E-state index in [0.29, 0.717) is 19.3 Å². The van der Waals surface area contributed by atoms with Crippen molar-refractivity contribution in [3.8, 4) is 0 Å². The van der Waals surface area contributed by atoms with Gasteiger partial charge in [0, 0.05) is 19.3 Å². The third-order valence-corrected chi connectivity index (χ3v) is 10.7. The number of rotatable bonds is 46. The highest BCUT2D eigenvalue weighted by molar-refractivity contribution is 5.71. The summed E-state index contributed by atoms with van der Waals surface area (Å²) in [5, 5.41) is 0. The van der Waals surface area contributed by atoms with Gasteiger partial charge in [-0.1, -0.05) is 243 Å². The molecule has 0 aliphatic rings. The average Bonchev–Trinajstić information content (AvgIpc) is 3.35. The molecule has 6 heteroatoms. The molecular formula is C63H96O6. The highest BCUT2D eigenvalue weighted by Crippen LogP contribution is 2.13. The zero-order valence-electron chi connectivity index (χ0n) is 43.8. The van der Waals surface area contributed by atoms with Crippen LogP contribution in [0.1, 0.15) is 201 Å². The van der Waals surface area contributed by atoms with E-state index in [1.807, 2.05) is 60.8 Å². The molecule has 0 saturated carbocycles. The third kappa shape index (κ3) is 53.8. The summed E-state index contributed by atoms with van der Waals surface area (Å²) >= 11 is 0. The first kappa shape index (κ1) is 64.0. The van der Waals surface area contributed by atoms with Crippen LogP contribution in [-0.2, 0) is 28.6 Å². The molecule has 69 heavy (non-hydrogen) atoms. The molecule has 0 bridgehead atoms. The topological polar surface area (TPSA) is 78.9 Å². The van der Waals surface area contributed by atoms with Gasteiger partial charge in [-0.3, -0.25) is 14.4 Å². The second kappa shape index (κ2) is 55.6. The molecule has 0 saturated heterocycles.